The Morgan fingerprint density at radius 1 is 1.53 bits per heavy atom. The maximum absolute atomic E-state index is 12.1. The third-order valence-electron chi connectivity index (χ3n) is 2.43. The predicted octanol–water partition coefficient (Wildman–Crippen LogP) is 2.03. The van der Waals surface area contributed by atoms with Crippen LogP contribution in [0, 0.1) is 0 Å². The lowest BCUT2D eigenvalue weighted by Gasteiger charge is -2.18. The number of ether oxygens (including phenoxy) is 1. The molecular weight excluding hydrogens is 240 g/mol. The van der Waals surface area contributed by atoms with Gasteiger partial charge in [0, 0.05) is 38.0 Å². The molecule has 0 bridgehead atoms. The predicted molar refractivity (Wildman–Crippen MR) is 69.3 cm³/mol. The minimum atomic E-state index is -0.124. The molecular formula is C12H17ClN2O2. The first-order valence-electron chi connectivity index (χ1n) is 5.35. The zero-order valence-electron chi connectivity index (χ0n) is 10.1. The van der Waals surface area contributed by atoms with Crippen LogP contribution in [-0.4, -0.2) is 38.1 Å². The van der Waals surface area contributed by atoms with E-state index >= 15 is 0 Å². The van der Waals surface area contributed by atoms with E-state index in [1.165, 1.54) is 0 Å². The van der Waals surface area contributed by atoms with Gasteiger partial charge in [-0.05, 0) is 24.6 Å². The fourth-order valence-corrected chi connectivity index (χ4v) is 1.64. The second kappa shape index (κ2) is 6.47. The van der Waals surface area contributed by atoms with Gasteiger partial charge in [0.2, 0.25) is 0 Å². The van der Waals surface area contributed by atoms with Gasteiger partial charge in [-0.1, -0.05) is 11.6 Å². The summed E-state index contributed by atoms with van der Waals surface area (Å²) in [6.45, 7) is 1.25. The van der Waals surface area contributed by atoms with Crippen LogP contribution in [0.25, 0.3) is 0 Å². The van der Waals surface area contributed by atoms with Gasteiger partial charge in [-0.15, -0.1) is 0 Å². The molecule has 0 aliphatic rings. The summed E-state index contributed by atoms with van der Waals surface area (Å²) in [6, 6.07) is 4.89. The van der Waals surface area contributed by atoms with Crippen LogP contribution >= 0.6 is 11.6 Å². The smallest absolute Gasteiger partial charge is 0.255 e. The molecule has 1 amide bonds. The summed E-state index contributed by atoms with van der Waals surface area (Å²) in [4.78, 5) is 13.7. The largest absolute Gasteiger partial charge is 0.398 e. The van der Waals surface area contributed by atoms with Gasteiger partial charge in [-0.2, -0.15) is 0 Å². The number of hydrogen-bond donors (Lipinski definition) is 1. The molecule has 4 nitrogen and oxygen atoms in total. The third-order valence-corrected chi connectivity index (χ3v) is 2.67. The van der Waals surface area contributed by atoms with Gasteiger partial charge in [0.25, 0.3) is 5.91 Å². The standard InChI is InChI=1S/C12H17ClN2O2/c1-15(6-3-7-17-2)12(16)10-8-9(13)4-5-11(10)14/h4-5,8H,3,6-7,14H2,1-2H3. The van der Waals surface area contributed by atoms with Crippen molar-refractivity contribution in [1.29, 1.82) is 0 Å². The van der Waals surface area contributed by atoms with E-state index in [4.69, 9.17) is 22.1 Å². The van der Waals surface area contributed by atoms with Crippen molar-refractivity contribution in [3.8, 4) is 0 Å². The zero-order chi connectivity index (χ0) is 12.8. The first kappa shape index (κ1) is 13.8. The lowest BCUT2D eigenvalue weighted by Crippen LogP contribution is -2.29. The molecule has 5 heteroatoms. The number of carbonyl (C=O) groups is 1. The topological polar surface area (TPSA) is 55.6 Å². The molecule has 0 radical (unpaired) electrons. The number of benzene rings is 1. The Morgan fingerprint density at radius 2 is 2.24 bits per heavy atom. The summed E-state index contributed by atoms with van der Waals surface area (Å²) in [5.41, 5.74) is 6.64. The van der Waals surface area contributed by atoms with Gasteiger partial charge in [-0.3, -0.25) is 4.79 Å². The van der Waals surface area contributed by atoms with Crippen molar-refractivity contribution in [1.82, 2.24) is 4.90 Å². The molecule has 0 aliphatic carbocycles. The molecule has 1 aromatic carbocycles. The van der Waals surface area contributed by atoms with Crippen molar-refractivity contribution < 1.29 is 9.53 Å². The van der Waals surface area contributed by atoms with Crippen molar-refractivity contribution in [3.05, 3.63) is 28.8 Å². The van der Waals surface area contributed by atoms with Crippen LogP contribution in [0.2, 0.25) is 5.02 Å². The molecule has 1 aromatic rings. The Balaban J connectivity index is 2.71. The second-order valence-electron chi connectivity index (χ2n) is 3.80. The van der Waals surface area contributed by atoms with Gasteiger partial charge >= 0.3 is 0 Å². The maximum atomic E-state index is 12.1. The Labute approximate surface area is 106 Å². The molecule has 0 fully saturated rings. The molecule has 17 heavy (non-hydrogen) atoms. The number of methoxy groups -OCH3 is 1. The van der Waals surface area contributed by atoms with Crippen molar-refractivity contribution in [3.63, 3.8) is 0 Å². The molecule has 0 saturated heterocycles. The number of carbonyl (C=O) groups excluding carboxylic acids is 1. The second-order valence-corrected chi connectivity index (χ2v) is 4.24. The molecule has 0 aliphatic heterocycles. The summed E-state index contributed by atoms with van der Waals surface area (Å²) < 4.78 is 4.94. The van der Waals surface area contributed by atoms with Gasteiger partial charge in [0.1, 0.15) is 0 Å². The van der Waals surface area contributed by atoms with Gasteiger partial charge < -0.3 is 15.4 Å². The van der Waals surface area contributed by atoms with E-state index in [9.17, 15) is 4.79 Å². The molecule has 0 atom stereocenters. The van der Waals surface area contributed by atoms with Crippen molar-refractivity contribution in [2.75, 3.05) is 33.0 Å². The van der Waals surface area contributed by atoms with Crippen molar-refractivity contribution in [2.45, 2.75) is 6.42 Å². The highest BCUT2D eigenvalue weighted by Crippen LogP contribution is 2.19. The van der Waals surface area contributed by atoms with E-state index in [1.807, 2.05) is 0 Å². The fourth-order valence-electron chi connectivity index (χ4n) is 1.47. The number of anilines is 1. The molecule has 2 N–H and O–H groups in total. The highest BCUT2D eigenvalue weighted by Gasteiger charge is 2.14. The Morgan fingerprint density at radius 3 is 2.88 bits per heavy atom. The monoisotopic (exact) mass is 256 g/mol. The van der Waals surface area contributed by atoms with Crippen molar-refractivity contribution >= 4 is 23.2 Å². The molecule has 0 aromatic heterocycles. The molecule has 0 unspecified atom stereocenters. The Kier molecular flexibility index (Phi) is 5.25. The number of halogens is 1. The van der Waals surface area contributed by atoms with Crippen LogP contribution in [-0.2, 0) is 4.74 Å². The zero-order valence-corrected chi connectivity index (χ0v) is 10.8. The normalized spacial score (nSPS) is 10.3. The van der Waals surface area contributed by atoms with Crippen LogP contribution in [0.3, 0.4) is 0 Å². The van der Waals surface area contributed by atoms with E-state index in [0.717, 1.165) is 6.42 Å². The van der Waals surface area contributed by atoms with Crippen molar-refractivity contribution in [2.24, 2.45) is 0 Å². The highest BCUT2D eigenvalue weighted by molar-refractivity contribution is 6.31. The molecule has 94 valence electrons. The summed E-state index contributed by atoms with van der Waals surface area (Å²) in [5.74, 6) is -0.124. The molecule has 0 spiro atoms. The first-order valence-corrected chi connectivity index (χ1v) is 5.73. The highest BCUT2D eigenvalue weighted by atomic mass is 35.5. The van der Waals surface area contributed by atoms with Crippen LogP contribution in [0.15, 0.2) is 18.2 Å². The summed E-state index contributed by atoms with van der Waals surface area (Å²) in [7, 11) is 3.37. The van der Waals surface area contributed by atoms with Crippen LogP contribution < -0.4 is 5.73 Å². The lowest BCUT2D eigenvalue weighted by atomic mass is 10.1. The number of rotatable bonds is 5. The summed E-state index contributed by atoms with van der Waals surface area (Å²) in [6.07, 6.45) is 0.791. The Hall–Kier alpha value is -1.26. The van der Waals surface area contributed by atoms with Gasteiger partial charge in [0.05, 0.1) is 5.56 Å². The number of nitrogen functional groups attached to an aromatic ring is 1. The van der Waals surface area contributed by atoms with Crippen LogP contribution in [0.5, 0.6) is 0 Å². The Bertz CT molecular complexity index is 396. The quantitative estimate of drug-likeness (QED) is 0.648. The maximum Gasteiger partial charge on any atom is 0.255 e. The average molecular weight is 257 g/mol. The minimum Gasteiger partial charge on any atom is -0.398 e. The third kappa shape index (κ3) is 3.91. The first-order chi connectivity index (χ1) is 8.06. The van der Waals surface area contributed by atoms with E-state index in [-0.39, 0.29) is 5.91 Å². The summed E-state index contributed by atoms with van der Waals surface area (Å²) >= 11 is 5.85. The van der Waals surface area contributed by atoms with E-state index < -0.39 is 0 Å². The molecule has 0 heterocycles. The van der Waals surface area contributed by atoms with E-state index in [2.05, 4.69) is 0 Å². The minimum absolute atomic E-state index is 0.124. The van der Waals surface area contributed by atoms with Gasteiger partial charge in [-0.25, -0.2) is 0 Å². The SMILES string of the molecule is COCCCN(C)C(=O)c1cc(Cl)ccc1N. The number of nitrogens with two attached hydrogens (primary N) is 1. The lowest BCUT2D eigenvalue weighted by molar-refractivity contribution is 0.0780. The van der Waals surface area contributed by atoms with Crippen LogP contribution in [0.1, 0.15) is 16.8 Å². The number of amides is 1. The molecule has 1 rings (SSSR count). The van der Waals surface area contributed by atoms with E-state index in [0.29, 0.717) is 29.4 Å². The summed E-state index contributed by atoms with van der Waals surface area (Å²) in [5, 5.41) is 0.507. The number of hydrogen-bond acceptors (Lipinski definition) is 3. The van der Waals surface area contributed by atoms with Crippen LogP contribution in [0.4, 0.5) is 5.69 Å². The fraction of sp³-hybridized carbons (Fsp3) is 0.417. The number of nitrogens with zero attached hydrogens (tertiary/aromatic N) is 1. The molecule has 0 saturated carbocycles. The average Bonchev–Trinajstić information content (AvgIpc) is 2.31. The van der Waals surface area contributed by atoms with E-state index in [1.54, 1.807) is 37.3 Å². The van der Waals surface area contributed by atoms with Gasteiger partial charge in [0.15, 0.2) is 0 Å².